The number of carbonyl (C=O) groups is 7. The number of aliphatic hydroxyl groups is 1. The molecule has 0 saturated carbocycles. The van der Waals surface area contributed by atoms with Crippen LogP contribution in [0.1, 0.15) is 316 Å². The number of imide groups is 1. The molecule has 2 amide bonds. The lowest BCUT2D eigenvalue weighted by Crippen LogP contribution is -2.82. The maximum absolute atomic E-state index is 16.2. The summed E-state index contributed by atoms with van der Waals surface area (Å²) in [6.07, 6.45) is 38.1. The number of carboxylic acid groups (broad SMARTS) is 1. The van der Waals surface area contributed by atoms with Crippen LogP contribution in [0.5, 0.6) is 0 Å². The van der Waals surface area contributed by atoms with Gasteiger partial charge in [-0.3, -0.25) is 33.7 Å². The Labute approximate surface area is 505 Å². The first-order valence-corrected chi connectivity index (χ1v) is 34.4. The monoisotopic (exact) mass is 1180 g/mol. The Bertz CT molecular complexity index is 1650. The number of thiol groups is 1. The SMILES string of the molecule is CCCCCCCCCCCCCCCC(=O)C(CCN)C(C(=O)CCCCCCCCCCCCCCC)(C(=O)CCCCCCCCCCCCCCC)C(C(=O)O)(C(=O)C(N)CS)N(C(=O)C(N)CO)C(=O)C(N)CCCCN. The minimum absolute atomic E-state index is 0.0698. The van der Waals surface area contributed by atoms with Crippen LogP contribution in [0.25, 0.3) is 0 Å². The van der Waals surface area contributed by atoms with E-state index in [1.54, 1.807) is 0 Å². The second-order valence-electron chi connectivity index (χ2n) is 24.1. The molecule has 0 bridgehead atoms. The molecule has 12 N–H and O–H groups in total. The van der Waals surface area contributed by atoms with Crippen molar-refractivity contribution >= 4 is 53.5 Å². The molecule has 5 atom stereocenters. The summed E-state index contributed by atoms with van der Waals surface area (Å²) in [5.74, 6) is -12.0. The largest absolute Gasteiger partial charge is 0.479 e. The number of unbranched alkanes of at least 4 members (excludes halogenated alkanes) is 37. The van der Waals surface area contributed by atoms with Gasteiger partial charge in [-0.1, -0.05) is 258 Å². The van der Waals surface area contributed by atoms with Crippen LogP contribution in [-0.2, 0) is 33.6 Å². The molecule has 0 heterocycles. The molecule has 0 radical (unpaired) electrons. The van der Waals surface area contributed by atoms with Crippen molar-refractivity contribution in [1.82, 2.24) is 4.90 Å². The molecule has 0 rings (SSSR count). The fourth-order valence-electron chi connectivity index (χ4n) is 12.2. The average molecular weight is 1180 g/mol. The molecule has 5 unspecified atom stereocenters. The van der Waals surface area contributed by atoms with Crippen LogP contribution in [0.2, 0.25) is 0 Å². The number of ketones is 4. The maximum Gasteiger partial charge on any atom is 0.339 e. The third kappa shape index (κ3) is 29.7. The first-order valence-electron chi connectivity index (χ1n) is 33.8. The number of aliphatic hydroxyl groups excluding tert-OH is 1. The lowest BCUT2D eigenvalue weighted by atomic mass is 9.51. The van der Waals surface area contributed by atoms with Crippen molar-refractivity contribution in [2.75, 3.05) is 25.4 Å². The number of nitrogens with zero attached hydrogens (tertiary/aromatic N) is 1. The number of rotatable bonds is 61. The molecular formula is C66H126N6O9S. The summed E-state index contributed by atoms with van der Waals surface area (Å²) >= 11 is 4.31. The zero-order chi connectivity index (χ0) is 61.3. The predicted molar refractivity (Wildman–Crippen MR) is 341 cm³/mol. The summed E-state index contributed by atoms with van der Waals surface area (Å²) in [6.45, 7) is 5.41. The molecule has 0 fully saturated rings. The summed E-state index contributed by atoms with van der Waals surface area (Å²) in [4.78, 5) is 109. The maximum atomic E-state index is 16.2. The quantitative estimate of drug-likeness (QED) is 0.0160. The molecule has 0 aromatic rings. The second kappa shape index (κ2) is 51.6. The number of hydrogen-bond donors (Lipinski definition) is 8. The highest BCUT2D eigenvalue weighted by Gasteiger charge is 2.77. The molecule has 0 aromatic heterocycles. The molecule has 15 nitrogen and oxygen atoms in total. The number of hydrogen-bond acceptors (Lipinski definition) is 14. The van der Waals surface area contributed by atoms with E-state index in [0.29, 0.717) is 32.1 Å². The topological polar surface area (TPSA) is 293 Å². The van der Waals surface area contributed by atoms with Crippen molar-refractivity contribution < 1.29 is 43.8 Å². The molecule has 82 heavy (non-hydrogen) atoms. The van der Waals surface area contributed by atoms with E-state index in [1.807, 2.05) is 0 Å². The third-order valence-corrected chi connectivity index (χ3v) is 17.5. The third-order valence-electron chi connectivity index (χ3n) is 17.1. The average Bonchev–Trinajstić information content (AvgIpc) is 2.19. The first-order chi connectivity index (χ1) is 39.6. The summed E-state index contributed by atoms with van der Waals surface area (Å²) in [5.41, 5.74) is 24.5. The van der Waals surface area contributed by atoms with Gasteiger partial charge in [0.25, 0.3) is 0 Å². The van der Waals surface area contributed by atoms with E-state index < -0.39 is 108 Å². The van der Waals surface area contributed by atoms with Gasteiger partial charge in [0.15, 0.2) is 17.3 Å². The van der Waals surface area contributed by atoms with Gasteiger partial charge in [-0.2, -0.15) is 12.6 Å². The van der Waals surface area contributed by atoms with Gasteiger partial charge in [0.05, 0.1) is 18.7 Å². The Hall–Kier alpha value is -2.60. The molecule has 480 valence electrons. The lowest BCUT2D eigenvalue weighted by molar-refractivity contribution is -0.192. The van der Waals surface area contributed by atoms with E-state index in [1.165, 1.54) is 122 Å². The highest BCUT2D eigenvalue weighted by atomic mass is 32.1. The van der Waals surface area contributed by atoms with E-state index >= 15 is 33.6 Å². The van der Waals surface area contributed by atoms with Crippen molar-refractivity contribution in [3.63, 3.8) is 0 Å². The Balaban J connectivity index is 7.84. The number of amides is 2. The number of Topliss-reactive ketones (excluding diaryl/α,β-unsaturated/α-hetero) is 4. The van der Waals surface area contributed by atoms with Crippen molar-refractivity contribution in [1.29, 1.82) is 0 Å². The zero-order valence-corrected chi connectivity index (χ0v) is 53.6. The number of carboxylic acids is 1. The summed E-state index contributed by atoms with van der Waals surface area (Å²) in [6, 6.07) is -5.61. The Morgan fingerprint density at radius 1 is 0.415 bits per heavy atom. The Morgan fingerprint density at radius 3 is 1.02 bits per heavy atom. The van der Waals surface area contributed by atoms with Crippen molar-refractivity contribution in [2.45, 2.75) is 340 Å². The standard InChI is InChI=1S/C66H126N6O9S/c1-4-7-10-13-16-19-22-25-28-31-34-37-40-46-58(74)54(49-51-68)65(59(75)47-41-38-35-32-29-26-23-20-17-14-11-8-5-2,60(76)48-42-39-36-33-30-27-24-21-18-15-12-9-6-3)66(64(80)81,61(77)57(71)53-82)72(63(79)56(70)52-73)62(78)55(69)45-43-44-50-67/h54-57,73,82H,4-53,67-71H2,1-3H3,(H,80,81). The normalized spacial score (nSPS) is 14.0. The van der Waals surface area contributed by atoms with Gasteiger partial charge in [-0.15, -0.1) is 0 Å². The second-order valence-corrected chi connectivity index (χ2v) is 24.5. The number of nitrogens with two attached hydrogens (primary N) is 5. The van der Waals surface area contributed by atoms with E-state index in [2.05, 4.69) is 33.4 Å². The molecule has 16 heteroatoms. The predicted octanol–water partition coefficient (Wildman–Crippen LogP) is 12.9. The van der Waals surface area contributed by atoms with E-state index in [0.717, 1.165) is 89.9 Å². The van der Waals surface area contributed by atoms with Crippen molar-refractivity contribution in [2.24, 2.45) is 40.0 Å². The lowest BCUT2D eigenvalue weighted by Gasteiger charge is -2.53. The Kier molecular flexibility index (Phi) is 50.0. The summed E-state index contributed by atoms with van der Waals surface area (Å²) in [7, 11) is 0. The van der Waals surface area contributed by atoms with Gasteiger partial charge in [0, 0.05) is 30.9 Å². The molecule has 0 aliphatic heterocycles. The van der Waals surface area contributed by atoms with Crippen LogP contribution in [-0.4, -0.2) is 105 Å². The summed E-state index contributed by atoms with van der Waals surface area (Å²) in [5, 5.41) is 22.7. The van der Waals surface area contributed by atoms with Gasteiger partial charge in [-0.25, -0.2) is 4.79 Å². The first kappa shape index (κ1) is 79.4. The van der Waals surface area contributed by atoms with Crippen molar-refractivity contribution in [3.05, 3.63) is 0 Å². The van der Waals surface area contributed by atoms with Crippen LogP contribution >= 0.6 is 12.6 Å². The molecule has 0 spiro atoms. The Morgan fingerprint density at radius 2 is 0.732 bits per heavy atom. The molecule has 0 saturated heterocycles. The molecule has 0 aliphatic rings. The van der Waals surface area contributed by atoms with Crippen LogP contribution < -0.4 is 28.7 Å². The van der Waals surface area contributed by atoms with E-state index in [-0.39, 0.29) is 50.1 Å². The van der Waals surface area contributed by atoms with Crippen LogP contribution in [0.15, 0.2) is 0 Å². The van der Waals surface area contributed by atoms with Gasteiger partial charge >= 0.3 is 5.97 Å². The minimum atomic E-state index is -3.81. The number of carbonyl (C=O) groups excluding carboxylic acids is 6. The summed E-state index contributed by atoms with van der Waals surface area (Å²) < 4.78 is 0. The smallest absolute Gasteiger partial charge is 0.339 e. The van der Waals surface area contributed by atoms with Gasteiger partial charge < -0.3 is 38.9 Å². The number of aliphatic carboxylic acids is 1. The molecular weight excluding hydrogens is 1050 g/mol. The van der Waals surface area contributed by atoms with Crippen LogP contribution in [0, 0.1) is 11.3 Å². The van der Waals surface area contributed by atoms with Gasteiger partial charge in [-0.05, 0) is 51.6 Å². The fourth-order valence-corrected chi connectivity index (χ4v) is 12.3. The van der Waals surface area contributed by atoms with Crippen LogP contribution in [0.3, 0.4) is 0 Å². The zero-order valence-electron chi connectivity index (χ0n) is 52.7. The molecule has 0 aromatic carbocycles. The minimum Gasteiger partial charge on any atom is -0.479 e. The highest BCUT2D eigenvalue weighted by molar-refractivity contribution is 7.80. The fraction of sp³-hybridized carbons (Fsp3) is 0.894. The molecule has 0 aliphatic carbocycles. The van der Waals surface area contributed by atoms with Crippen molar-refractivity contribution in [3.8, 4) is 0 Å². The van der Waals surface area contributed by atoms with Crippen LogP contribution in [0.4, 0.5) is 0 Å². The van der Waals surface area contributed by atoms with E-state index in [9.17, 15) is 10.2 Å². The van der Waals surface area contributed by atoms with E-state index in [4.69, 9.17) is 28.7 Å². The van der Waals surface area contributed by atoms with Gasteiger partial charge in [0.2, 0.25) is 17.4 Å². The highest BCUT2D eigenvalue weighted by Crippen LogP contribution is 2.51. The van der Waals surface area contributed by atoms with Gasteiger partial charge in [0.1, 0.15) is 17.2 Å².